The first-order valence-electron chi connectivity index (χ1n) is 5.87. The summed E-state index contributed by atoms with van der Waals surface area (Å²) in [4.78, 5) is 4.09. The molecule has 0 saturated carbocycles. The number of rotatable bonds is 1. The smallest absolute Gasteiger partial charge is 0.292 e. The lowest BCUT2D eigenvalue weighted by Crippen LogP contribution is -1.81. The van der Waals surface area contributed by atoms with Crippen molar-refractivity contribution in [3.05, 3.63) is 47.7 Å². The number of aromatic nitrogens is 1. The van der Waals surface area contributed by atoms with Crippen molar-refractivity contribution in [2.75, 3.05) is 5.73 Å². The van der Waals surface area contributed by atoms with Crippen molar-refractivity contribution >= 4 is 16.8 Å². The zero-order valence-corrected chi connectivity index (χ0v) is 10.4. The fraction of sp³-hybridized carbons (Fsp3) is 0.133. The van der Waals surface area contributed by atoms with Crippen molar-refractivity contribution in [2.24, 2.45) is 0 Å². The van der Waals surface area contributed by atoms with Gasteiger partial charge in [-0.1, -0.05) is 35.9 Å². The number of hydrogen-bond acceptors (Lipinski definition) is 3. The van der Waals surface area contributed by atoms with Gasteiger partial charge in [0, 0.05) is 5.56 Å². The van der Waals surface area contributed by atoms with E-state index < -0.39 is 0 Å². The van der Waals surface area contributed by atoms with Crippen molar-refractivity contribution < 1.29 is 4.42 Å². The van der Waals surface area contributed by atoms with Crippen LogP contribution < -0.4 is 5.73 Å². The average Bonchev–Trinajstić information content (AvgIpc) is 2.68. The van der Waals surface area contributed by atoms with Gasteiger partial charge in [0.25, 0.3) is 6.01 Å². The Kier molecular flexibility index (Phi) is 2.33. The van der Waals surface area contributed by atoms with Gasteiger partial charge in [-0.15, -0.1) is 0 Å². The number of fused-ring (bicyclic) bond motifs is 1. The minimum Gasteiger partial charge on any atom is -0.423 e. The second-order valence-electron chi connectivity index (χ2n) is 4.53. The topological polar surface area (TPSA) is 52.0 Å². The van der Waals surface area contributed by atoms with Gasteiger partial charge in [-0.05, 0) is 30.7 Å². The number of hydrogen-bond donors (Lipinski definition) is 1. The lowest BCUT2D eigenvalue weighted by molar-refractivity contribution is 0.594. The monoisotopic (exact) mass is 238 g/mol. The summed E-state index contributed by atoms with van der Waals surface area (Å²) in [5, 5.41) is 2.41. The minimum atomic E-state index is 0.214. The van der Waals surface area contributed by atoms with E-state index >= 15 is 0 Å². The molecule has 0 unspecified atom stereocenters. The molecule has 0 atom stereocenters. The van der Waals surface area contributed by atoms with E-state index in [0.717, 1.165) is 17.0 Å². The van der Waals surface area contributed by atoms with E-state index in [9.17, 15) is 0 Å². The van der Waals surface area contributed by atoms with Gasteiger partial charge in [0.05, 0.1) is 5.69 Å². The van der Waals surface area contributed by atoms with Gasteiger partial charge in [-0.2, -0.15) is 4.98 Å². The summed E-state index contributed by atoms with van der Waals surface area (Å²) in [7, 11) is 0. The standard InChI is InChI=1S/C15H14N2O/c1-9-3-4-12-8-13(6-5-11(12)7-9)14-10(2)17-15(16)18-14/h3-8H,1-2H3,(H2,16,17). The molecule has 0 bridgehead atoms. The second kappa shape index (κ2) is 3.88. The number of nitrogens with two attached hydrogens (primary N) is 1. The highest BCUT2D eigenvalue weighted by Gasteiger charge is 2.10. The van der Waals surface area contributed by atoms with E-state index in [4.69, 9.17) is 10.2 Å². The molecule has 1 heterocycles. The Morgan fingerprint density at radius 2 is 1.72 bits per heavy atom. The molecule has 0 amide bonds. The maximum atomic E-state index is 5.57. The number of nitrogen functional groups attached to an aromatic ring is 1. The summed E-state index contributed by atoms with van der Waals surface area (Å²) in [6.45, 7) is 3.99. The molecule has 2 N–H and O–H groups in total. The van der Waals surface area contributed by atoms with E-state index in [2.05, 4.69) is 42.2 Å². The Bertz CT molecular complexity index is 728. The molecule has 18 heavy (non-hydrogen) atoms. The molecule has 3 rings (SSSR count). The molecular formula is C15H14N2O. The molecule has 3 heteroatoms. The molecule has 1 aromatic heterocycles. The lowest BCUT2D eigenvalue weighted by Gasteiger charge is -2.03. The summed E-state index contributed by atoms with van der Waals surface area (Å²) < 4.78 is 5.44. The zero-order valence-electron chi connectivity index (χ0n) is 10.4. The fourth-order valence-corrected chi connectivity index (χ4v) is 2.19. The first-order chi connectivity index (χ1) is 8.63. The predicted molar refractivity (Wildman–Crippen MR) is 73.3 cm³/mol. The van der Waals surface area contributed by atoms with Crippen LogP contribution in [0.15, 0.2) is 40.8 Å². The highest BCUT2D eigenvalue weighted by Crippen LogP contribution is 2.28. The van der Waals surface area contributed by atoms with E-state index in [1.165, 1.54) is 16.3 Å². The number of oxazole rings is 1. The Labute approximate surface area is 105 Å². The van der Waals surface area contributed by atoms with Gasteiger partial charge >= 0.3 is 0 Å². The highest BCUT2D eigenvalue weighted by atomic mass is 16.4. The first kappa shape index (κ1) is 10.8. The van der Waals surface area contributed by atoms with Crippen LogP contribution >= 0.6 is 0 Å². The van der Waals surface area contributed by atoms with E-state index in [-0.39, 0.29) is 6.01 Å². The molecule has 0 aliphatic carbocycles. The summed E-state index contributed by atoms with van der Waals surface area (Å²) in [5.74, 6) is 0.745. The lowest BCUT2D eigenvalue weighted by atomic mass is 10.0. The molecule has 0 aliphatic heterocycles. The van der Waals surface area contributed by atoms with Crippen LogP contribution in [0.3, 0.4) is 0 Å². The summed E-state index contributed by atoms with van der Waals surface area (Å²) >= 11 is 0. The molecule has 0 saturated heterocycles. The van der Waals surface area contributed by atoms with E-state index in [0.29, 0.717) is 0 Å². The molecule has 0 fully saturated rings. The Balaban J connectivity index is 2.19. The molecule has 0 spiro atoms. The summed E-state index contributed by atoms with van der Waals surface area (Å²) in [6.07, 6.45) is 0. The van der Waals surface area contributed by atoms with Gasteiger partial charge in [0.2, 0.25) is 0 Å². The van der Waals surface area contributed by atoms with Crippen molar-refractivity contribution in [1.29, 1.82) is 0 Å². The second-order valence-corrected chi connectivity index (χ2v) is 4.53. The highest BCUT2D eigenvalue weighted by molar-refractivity contribution is 5.87. The first-order valence-corrected chi connectivity index (χ1v) is 5.87. The third kappa shape index (κ3) is 1.74. The molecule has 0 radical (unpaired) electrons. The van der Waals surface area contributed by atoms with Gasteiger partial charge < -0.3 is 10.2 Å². The number of anilines is 1. The summed E-state index contributed by atoms with van der Waals surface area (Å²) in [6, 6.07) is 12.8. The predicted octanol–water partition coefficient (Wildman–Crippen LogP) is 3.69. The van der Waals surface area contributed by atoms with Crippen LogP contribution in [0, 0.1) is 13.8 Å². The molecule has 3 nitrogen and oxygen atoms in total. The summed E-state index contributed by atoms with van der Waals surface area (Å²) in [5.41, 5.74) is 8.66. The van der Waals surface area contributed by atoms with Crippen molar-refractivity contribution in [3.63, 3.8) is 0 Å². The quantitative estimate of drug-likeness (QED) is 0.703. The van der Waals surface area contributed by atoms with Gasteiger partial charge in [-0.3, -0.25) is 0 Å². The van der Waals surface area contributed by atoms with Gasteiger partial charge in [-0.25, -0.2) is 0 Å². The van der Waals surface area contributed by atoms with Crippen LogP contribution in [-0.4, -0.2) is 4.98 Å². The molecule has 2 aromatic carbocycles. The zero-order chi connectivity index (χ0) is 12.7. The third-order valence-electron chi connectivity index (χ3n) is 3.07. The average molecular weight is 238 g/mol. The molecule has 90 valence electrons. The largest absolute Gasteiger partial charge is 0.423 e. The Hall–Kier alpha value is -2.29. The van der Waals surface area contributed by atoms with Crippen molar-refractivity contribution in [2.45, 2.75) is 13.8 Å². The Morgan fingerprint density at radius 1 is 1.00 bits per heavy atom. The van der Waals surface area contributed by atoms with Crippen LogP contribution in [0.1, 0.15) is 11.3 Å². The number of aryl methyl sites for hydroxylation is 2. The van der Waals surface area contributed by atoms with Crippen LogP contribution in [0.25, 0.3) is 22.1 Å². The van der Waals surface area contributed by atoms with E-state index in [1.807, 2.05) is 13.0 Å². The SMILES string of the molecule is Cc1ccc2cc(-c3oc(N)nc3C)ccc2c1. The number of benzene rings is 2. The third-order valence-corrected chi connectivity index (χ3v) is 3.07. The normalized spacial score (nSPS) is 11.0. The van der Waals surface area contributed by atoms with E-state index in [1.54, 1.807) is 0 Å². The van der Waals surface area contributed by atoms with Crippen LogP contribution in [0.5, 0.6) is 0 Å². The maximum Gasteiger partial charge on any atom is 0.292 e. The maximum absolute atomic E-state index is 5.57. The van der Waals surface area contributed by atoms with Crippen molar-refractivity contribution in [3.8, 4) is 11.3 Å². The van der Waals surface area contributed by atoms with Crippen molar-refractivity contribution in [1.82, 2.24) is 4.98 Å². The van der Waals surface area contributed by atoms with Crippen LogP contribution in [0.2, 0.25) is 0 Å². The molecule has 0 aliphatic rings. The van der Waals surface area contributed by atoms with Crippen LogP contribution in [0.4, 0.5) is 6.01 Å². The Morgan fingerprint density at radius 3 is 2.44 bits per heavy atom. The number of nitrogens with zero attached hydrogens (tertiary/aromatic N) is 1. The minimum absolute atomic E-state index is 0.214. The molecular weight excluding hydrogens is 224 g/mol. The van der Waals surface area contributed by atoms with Gasteiger partial charge in [0.15, 0.2) is 5.76 Å². The fourth-order valence-electron chi connectivity index (χ4n) is 2.19. The van der Waals surface area contributed by atoms with Crippen LogP contribution in [-0.2, 0) is 0 Å². The van der Waals surface area contributed by atoms with Gasteiger partial charge in [0.1, 0.15) is 0 Å². The molecule has 3 aromatic rings.